The van der Waals surface area contributed by atoms with Crippen LogP contribution in [-0.2, 0) is 9.59 Å². The number of carboxylic acids is 2. The molecule has 2 amide bonds. The largest absolute Gasteiger partial charge is 0.490 e. The second kappa shape index (κ2) is 17.1. The lowest BCUT2D eigenvalue weighted by molar-refractivity contribution is -0.193. The van der Waals surface area contributed by atoms with Gasteiger partial charge in [0.1, 0.15) is 5.82 Å². The summed E-state index contributed by atoms with van der Waals surface area (Å²) >= 11 is 0. The molecule has 0 radical (unpaired) electrons. The van der Waals surface area contributed by atoms with E-state index in [1.165, 1.54) is 0 Å². The summed E-state index contributed by atoms with van der Waals surface area (Å²) in [6.45, 7) is 6.66. The van der Waals surface area contributed by atoms with Gasteiger partial charge >= 0.3 is 24.3 Å². The first-order valence-corrected chi connectivity index (χ1v) is 15.1. The quantitative estimate of drug-likeness (QED) is 0.246. The summed E-state index contributed by atoms with van der Waals surface area (Å²) in [7, 11) is 2.16. The van der Waals surface area contributed by atoms with E-state index in [4.69, 9.17) is 24.8 Å². The minimum Gasteiger partial charge on any atom is -0.475 e. The van der Waals surface area contributed by atoms with Crippen molar-refractivity contribution in [1.82, 2.24) is 29.4 Å². The molecule has 2 saturated heterocycles. The molecule has 2 aliphatic rings. The highest BCUT2D eigenvalue weighted by atomic mass is 19.4. The second-order valence-corrected chi connectivity index (χ2v) is 11.2. The number of likely N-dealkylation sites (N-methyl/N-ethyl adjacent to an activating group) is 1. The van der Waals surface area contributed by atoms with Crippen molar-refractivity contribution < 1.29 is 55.7 Å². The number of halogens is 6. The van der Waals surface area contributed by atoms with Gasteiger partial charge in [0.05, 0.1) is 11.6 Å². The van der Waals surface area contributed by atoms with Gasteiger partial charge < -0.3 is 34.6 Å². The van der Waals surface area contributed by atoms with E-state index in [9.17, 15) is 35.9 Å². The van der Waals surface area contributed by atoms with Crippen LogP contribution in [-0.4, -0.2) is 123 Å². The summed E-state index contributed by atoms with van der Waals surface area (Å²) in [6, 6.07) is 15.0. The van der Waals surface area contributed by atoms with Gasteiger partial charge in [-0.05, 0) is 57.1 Å². The highest BCUT2D eigenvalue weighted by Gasteiger charge is 2.39. The Labute approximate surface area is 276 Å². The number of fused-ring (bicyclic) bond motifs is 1. The summed E-state index contributed by atoms with van der Waals surface area (Å²) in [4.78, 5) is 55.7. The number of nitrogens with zero attached hydrogens (tertiary/aromatic N) is 5. The standard InChI is InChI=1S/C27H34N6O2.2C2HF3O2/c1-30-17-19-31(20-18-30)14-8-13-28-26(34)24-22-11-5-6-15-32(22)25(29-24)23-12-7-16-33(23)27(35)21-9-3-2-4-10-21;2*3-2(4,5)1(6)7/h2-6,9-11,15,23H,7-8,12-14,16-20H2,1H3,(H,28,34);2*(H,6,7). The molecule has 12 nitrogen and oxygen atoms in total. The van der Waals surface area contributed by atoms with Gasteiger partial charge in [0.2, 0.25) is 0 Å². The number of alkyl halides is 6. The highest BCUT2D eigenvalue weighted by molar-refractivity contribution is 5.99. The van der Waals surface area contributed by atoms with Crippen molar-refractivity contribution in [3.8, 4) is 0 Å². The zero-order chi connectivity index (χ0) is 36.4. The number of pyridine rings is 1. The van der Waals surface area contributed by atoms with Crippen molar-refractivity contribution in [2.45, 2.75) is 37.7 Å². The van der Waals surface area contributed by atoms with Crippen LogP contribution in [0.3, 0.4) is 0 Å². The first-order valence-electron chi connectivity index (χ1n) is 15.1. The topological polar surface area (TPSA) is 148 Å². The van der Waals surface area contributed by atoms with Crippen LogP contribution in [0.4, 0.5) is 26.3 Å². The number of amides is 2. The van der Waals surface area contributed by atoms with E-state index in [1.54, 1.807) is 0 Å². The molecule has 1 unspecified atom stereocenters. The summed E-state index contributed by atoms with van der Waals surface area (Å²) < 4.78 is 65.4. The molecule has 2 fully saturated rings. The smallest absolute Gasteiger partial charge is 0.475 e. The van der Waals surface area contributed by atoms with Crippen LogP contribution in [0.2, 0.25) is 0 Å². The average Bonchev–Trinajstić information content (AvgIpc) is 3.69. The lowest BCUT2D eigenvalue weighted by Crippen LogP contribution is -2.45. The lowest BCUT2D eigenvalue weighted by Gasteiger charge is -2.32. The molecule has 0 bridgehead atoms. The number of carbonyl (C=O) groups is 4. The Hall–Kier alpha value is -4.71. The van der Waals surface area contributed by atoms with E-state index >= 15 is 0 Å². The zero-order valence-electron chi connectivity index (χ0n) is 26.4. The average molecular weight is 703 g/mol. The van der Waals surface area contributed by atoms with Crippen molar-refractivity contribution in [2.24, 2.45) is 0 Å². The van der Waals surface area contributed by atoms with E-state index in [1.807, 2.05) is 64.0 Å². The molecule has 0 spiro atoms. The first-order chi connectivity index (χ1) is 23.0. The van der Waals surface area contributed by atoms with Crippen LogP contribution in [0.1, 0.15) is 52.0 Å². The Bertz CT molecular complexity index is 1550. The fourth-order valence-electron chi connectivity index (χ4n) is 5.15. The number of benzene rings is 1. The normalized spacial score (nSPS) is 17.0. The van der Waals surface area contributed by atoms with Crippen LogP contribution in [0.15, 0.2) is 54.7 Å². The molecule has 5 rings (SSSR count). The minimum absolute atomic E-state index is 0.00990. The Balaban J connectivity index is 0.000000392. The maximum atomic E-state index is 13.2. The van der Waals surface area contributed by atoms with Gasteiger partial charge in [-0.3, -0.25) is 9.59 Å². The third-order valence-corrected chi connectivity index (χ3v) is 7.64. The molecule has 3 N–H and O–H groups in total. The summed E-state index contributed by atoms with van der Waals surface area (Å²) in [6.07, 6.45) is -5.57. The van der Waals surface area contributed by atoms with Crippen LogP contribution < -0.4 is 5.32 Å². The Morgan fingerprint density at radius 1 is 0.857 bits per heavy atom. The number of carboxylic acid groups (broad SMARTS) is 2. The van der Waals surface area contributed by atoms with E-state index in [2.05, 4.69) is 22.2 Å². The van der Waals surface area contributed by atoms with Gasteiger partial charge in [-0.15, -0.1) is 0 Å². The maximum Gasteiger partial charge on any atom is 0.490 e. The van der Waals surface area contributed by atoms with Crippen LogP contribution in [0.25, 0.3) is 5.52 Å². The maximum absolute atomic E-state index is 13.2. The molecule has 4 heterocycles. The Morgan fingerprint density at radius 2 is 1.43 bits per heavy atom. The monoisotopic (exact) mass is 702 g/mol. The van der Waals surface area contributed by atoms with Gasteiger partial charge in [0, 0.05) is 51.0 Å². The number of aromatic nitrogens is 2. The molecule has 18 heteroatoms. The number of hydrogen-bond donors (Lipinski definition) is 3. The lowest BCUT2D eigenvalue weighted by atomic mass is 10.1. The fraction of sp³-hybridized carbons (Fsp3) is 0.452. The minimum atomic E-state index is -5.08. The molecule has 1 aromatic carbocycles. The number of likely N-dealkylation sites (tertiary alicyclic amines) is 1. The molecular weight excluding hydrogens is 666 g/mol. The van der Waals surface area contributed by atoms with E-state index in [0.717, 1.165) is 63.3 Å². The van der Waals surface area contributed by atoms with Gasteiger partial charge in [0.15, 0.2) is 5.69 Å². The number of aliphatic carboxylic acids is 2. The molecule has 3 aromatic rings. The van der Waals surface area contributed by atoms with Gasteiger partial charge in [-0.25, -0.2) is 14.6 Å². The predicted molar refractivity (Wildman–Crippen MR) is 163 cm³/mol. The van der Waals surface area contributed by atoms with Crippen LogP contribution in [0, 0.1) is 0 Å². The molecule has 268 valence electrons. The molecule has 0 aliphatic carbocycles. The summed E-state index contributed by atoms with van der Waals surface area (Å²) in [5, 5.41) is 17.3. The van der Waals surface area contributed by atoms with Gasteiger partial charge in [0.25, 0.3) is 11.8 Å². The number of rotatable bonds is 7. The molecular formula is C31H36F6N6O6. The number of nitrogens with one attached hydrogen (secondary N) is 1. The number of piperazine rings is 1. The van der Waals surface area contributed by atoms with E-state index < -0.39 is 24.3 Å². The number of hydrogen-bond acceptors (Lipinski definition) is 7. The van der Waals surface area contributed by atoms with E-state index in [0.29, 0.717) is 24.3 Å². The van der Waals surface area contributed by atoms with Crippen molar-refractivity contribution in [3.05, 3.63) is 71.8 Å². The molecule has 2 aliphatic heterocycles. The van der Waals surface area contributed by atoms with Crippen molar-refractivity contribution in [1.29, 1.82) is 0 Å². The van der Waals surface area contributed by atoms with Gasteiger partial charge in [-0.1, -0.05) is 24.3 Å². The van der Waals surface area contributed by atoms with Crippen LogP contribution >= 0.6 is 0 Å². The fourth-order valence-corrected chi connectivity index (χ4v) is 5.15. The van der Waals surface area contributed by atoms with Gasteiger partial charge in [-0.2, -0.15) is 26.3 Å². The van der Waals surface area contributed by atoms with E-state index in [-0.39, 0.29) is 17.9 Å². The third-order valence-electron chi connectivity index (χ3n) is 7.64. The third kappa shape index (κ3) is 11.2. The first kappa shape index (κ1) is 38.7. The molecule has 1 atom stereocenters. The highest BCUT2D eigenvalue weighted by Crippen LogP contribution is 2.33. The van der Waals surface area contributed by atoms with Crippen molar-refractivity contribution >= 4 is 29.3 Å². The van der Waals surface area contributed by atoms with Crippen molar-refractivity contribution in [2.75, 3.05) is 52.9 Å². The van der Waals surface area contributed by atoms with Crippen LogP contribution in [0.5, 0.6) is 0 Å². The Kier molecular flexibility index (Phi) is 13.5. The van der Waals surface area contributed by atoms with Crippen molar-refractivity contribution in [3.63, 3.8) is 0 Å². The predicted octanol–water partition coefficient (Wildman–Crippen LogP) is 3.95. The SMILES string of the molecule is CN1CCN(CCCNC(=O)c2nc(C3CCCN3C(=O)c3ccccc3)n3ccccc23)CC1.O=C(O)C(F)(F)F.O=C(O)C(F)(F)F. The molecule has 2 aromatic heterocycles. The Morgan fingerprint density at radius 3 is 2.00 bits per heavy atom. The second-order valence-electron chi connectivity index (χ2n) is 11.2. The summed E-state index contributed by atoms with van der Waals surface area (Å²) in [5.41, 5.74) is 1.89. The zero-order valence-corrected chi connectivity index (χ0v) is 26.4. The summed E-state index contributed by atoms with van der Waals surface area (Å²) in [5.74, 6) is -4.90. The number of imidazole rings is 1. The molecule has 0 saturated carbocycles. The molecule has 49 heavy (non-hydrogen) atoms. The number of carbonyl (C=O) groups excluding carboxylic acids is 2.